The Morgan fingerprint density at radius 3 is 2.30 bits per heavy atom. The summed E-state index contributed by atoms with van der Waals surface area (Å²) in [6, 6.07) is 2.54. The maximum absolute atomic E-state index is 4.72. The normalized spacial score (nSPS) is 11.9. The van der Waals surface area contributed by atoms with Crippen molar-refractivity contribution in [1.29, 1.82) is 0 Å². The highest BCUT2D eigenvalue weighted by atomic mass is 15.3. The van der Waals surface area contributed by atoms with Crippen LogP contribution < -0.4 is 4.90 Å². The zero-order valence-corrected chi connectivity index (χ0v) is 14.1. The highest BCUT2D eigenvalue weighted by molar-refractivity contribution is 5.32. The van der Waals surface area contributed by atoms with Gasteiger partial charge in [-0.1, -0.05) is 41.5 Å². The van der Waals surface area contributed by atoms with Crippen molar-refractivity contribution in [2.45, 2.75) is 73.3 Å². The number of nitrogens with zero attached hydrogens (tertiary/aromatic N) is 3. The maximum Gasteiger partial charge on any atom is 0.225 e. The van der Waals surface area contributed by atoms with Crippen LogP contribution in [-0.2, 0) is 6.42 Å². The van der Waals surface area contributed by atoms with Crippen molar-refractivity contribution in [2.24, 2.45) is 5.41 Å². The summed E-state index contributed by atoms with van der Waals surface area (Å²) in [6.07, 6.45) is 6.29. The van der Waals surface area contributed by atoms with Gasteiger partial charge in [0, 0.05) is 24.5 Å². The average Bonchev–Trinajstić information content (AvgIpc) is 2.42. The van der Waals surface area contributed by atoms with E-state index in [1.54, 1.807) is 0 Å². The molecule has 1 aromatic heterocycles. The van der Waals surface area contributed by atoms with E-state index in [-0.39, 0.29) is 0 Å². The molecule has 0 aromatic carbocycles. The molecule has 0 saturated carbocycles. The molecule has 20 heavy (non-hydrogen) atoms. The fraction of sp³-hybridized carbons (Fsp3) is 0.765. The summed E-state index contributed by atoms with van der Waals surface area (Å²) in [5.74, 6) is 0.905. The third-order valence-electron chi connectivity index (χ3n) is 3.81. The van der Waals surface area contributed by atoms with E-state index in [0.717, 1.165) is 43.9 Å². The fourth-order valence-corrected chi connectivity index (χ4v) is 2.35. The Morgan fingerprint density at radius 2 is 1.80 bits per heavy atom. The SMILES string of the molecule is CCc1ccnc(N(CCC(C)(C)C)C(CC)CC)n1. The Labute approximate surface area is 124 Å². The van der Waals surface area contributed by atoms with Crippen molar-refractivity contribution in [3.63, 3.8) is 0 Å². The number of aromatic nitrogens is 2. The first kappa shape index (κ1) is 16.9. The quantitative estimate of drug-likeness (QED) is 0.736. The minimum absolute atomic E-state index is 0.340. The van der Waals surface area contributed by atoms with E-state index in [4.69, 9.17) is 4.98 Å². The van der Waals surface area contributed by atoms with Crippen LogP contribution in [0.25, 0.3) is 0 Å². The second-order valence-corrected chi connectivity index (χ2v) is 6.68. The van der Waals surface area contributed by atoms with Gasteiger partial charge in [0.1, 0.15) is 0 Å². The summed E-state index contributed by atoms with van der Waals surface area (Å²) in [5.41, 5.74) is 1.47. The number of hydrogen-bond acceptors (Lipinski definition) is 3. The van der Waals surface area contributed by atoms with E-state index >= 15 is 0 Å². The lowest BCUT2D eigenvalue weighted by Crippen LogP contribution is -2.38. The molecule has 1 heterocycles. The molecular weight excluding hydrogens is 246 g/mol. The van der Waals surface area contributed by atoms with Crippen LogP contribution in [0.5, 0.6) is 0 Å². The van der Waals surface area contributed by atoms with Crippen molar-refractivity contribution >= 4 is 5.95 Å². The zero-order valence-electron chi connectivity index (χ0n) is 14.1. The van der Waals surface area contributed by atoms with Crippen molar-refractivity contribution in [1.82, 2.24) is 9.97 Å². The third kappa shape index (κ3) is 5.10. The van der Waals surface area contributed by atoms with Gasteiger partial charge in [0.25, 0.3) is 0 Å². The molecule has 0 bridgehead atoms. The first-order valence-corrected chi connectivity index (χ1v) is 7.99. The minimum Gasteiger partial charge on any atom is -0.338 e. The van der Waals surface area contributed by atoms with Crippen LogP contribution in [-0.4, -0.2) is 22.6 Å². The van der Waals surface area contributed by atoms with Crippen LogP contribution in [0.3, 0.4) is 0 Å². The molecule has 0 aliphatic carbocycles. The molecule has 0 spiro atoms. The van der Waals surface area contributed by atoms with Crippen LogP contribution in [0.1, 0.15) is 66.5 Å². The predicted molar refractivity (Wildman–Crippen MR) is 87.2 cm³/mol. The van der Waals surface area contributed by atoms with Gasteiger partial charge in [0.05, 0.1) is 0 Å². The van der Waals surface area contributed by atoms with Crippen molar-refractivity contribution < 1.29 is 0 Å². The molecule has 3 heteroatoms. The molecule has 1 rings (SSSR count). The molecule has 0 atom stereocenters. The summed E-state index contributed by atoms with van der Waals surface area (Å²) in [7, 11) is 0. The first-order valence-electron chi connectivity index (χ1n) is 7.99. The van der Waals surface area contributed by atoms with Gasteiger partial charge in [-0.2, -0.15) is 0 Å². The van der Waals surface area contributed by atoms with Gasteiger partial charge in [0.2, 0.25) is 5.95 Å². The van der Waals surface area contributed by atoms with E-state index in [2.05, 4.69) is 51.4 Å². The smallest absolute Gasteiger partial charge is 0.225 e. The Bertz CT molecular complexity index is 391. The zero-order chi connectivity index (χ0) is 15.2. The van der Waals surface area contributed by atoms with E-state index in [1.807, 2.05) is 12.3 Å². The summed E-state index contributed by atoms with van der Waals surface area (Å²) in [4.78, 5) is 11.7. The Morgan fingerprint density at radius 1 is 1.15 bits per heavy atom. The number of aryl methyl sites for hydroxylation is 1. The summed E-state index contributed by atoms with van der Waals surface area (Å²) in [6.45, 7) is 14.6. The van der Waals surface area contributed by atoms with Crippen LogP contribution in [0.4, 0.5) is 5.95 Å². The highest BCUT2D eigenvalue weighted by Crippen LogP contribution is 2.23. The van der Waals surface area contributed by atoms with Gasteiger partial charge in [-0.3, -0.25) is 0 Å². The monoisotopic (exact) mass is 277 g/mol. The Hall–Kier alpha value is -1.12. The minimum atomic E-state index is 0.340. The number of rotatable bonds is 7. The van der Waals surface area contributed by atoms with Crippen molar-refractivity contribution in [3.05, 3.63) is 18.0 Å². The van der Waals surface area contributed by atoms with E-state index in [1.165, 1.54) is 0 Å². The van der Waals surface area contributed by atoms with Crippen LogP contribution in [0.15, 0.2) is 12.3 Å². The van der Waals surface area contributed by atoms with Crippen LogP contribution in [0, 0.1) is 5.41 Å². The van der Waals surface area contributed by atoms with E-state index in [9.17, 15) is 0 Å². The van der Waals surface area contributed by atoms with E-state index in [0.29, 0.717) is 11.5 Å². The highest BCUT2D eigenvalue weighted by Gasteiger charge is 2.21. The maximum atomic E-state index is 4.72. The average molecular weight is 277 g/mol. The summed E-state index contributed by atoms with van der Waals surface area (Å²) < 4.78 is 0. The first-order chi connectivity index (χ1) is 9.41. The Kier molecular flexibility index (Phi) is 6.44. The molecule has 0 aliphatic rings. The summed E-state index contributed by atoms with van der Waals surface area (Å²) in [5, 5.41) is 0. The third-order valence-corrected chi connectivity index (χ3v) is 3.81. The number of hydrogen-bond donors (Lipinski definition) is 0. The van der Waals surface area contributed by atoms with Crippen molar-refractivity contribution in [2.75, 3.05) is 11.4 Å². The second-order valence-electron chi connectivity index (χ2n) is 6.68. The van der Waals surface area contributed by atoms with Crippen LogP contribution in [0.2, 0.25) is 0 Å². The van der Waals surface area contributed by atoms with Gasteiger partial charge < -0.3 is 4.90 Å². The van der Waals surface area contributed by atoms with E-state index < -0.39 is 0 Å². The predicted octanol–water partition coefficient (Wildman–Crippen LogP) is 4.47. The lowest BCUT2D eigenvalue weighted by atomic mass is 9.91. The lowest BCUT2D eigenvalue weighted by Gasteiger charge is -2.33. The van der Waals surface area contributed by atoms with Gasteiger partial charge in [0.15, 0.2) is 0 Å². The molecule has 0 radical (unpaired) electrons. The van der Waals surface area contributed by atoms with Gasteiger partial charge >= 0.3 is 0 Å². The molecule has 3 nitrogen and oxygen atoms in total. The fourth-order valence-electron chi connectivity index (χ4n) is 2.35. The molecule has 0 fully saturated rings. The molecule has 1 aromatic rings. The molecule has 0 saturated heterocycles. The Balaban J connectivity index is 2.96. The summed E-state index contributed by atoms with van der Waals surface area (Å²) >= 11 is 0. The molecule has 0 N–H and O–H groups in total. The molecular formula is C17H31N3. The van der Waals surface area contributed by atoms with Gasteiger partial charge in [-0.05, 0) is 37.2 Å². The lowest BCUT2D eigenvalue weighted by molar-refractivity contribution is 0.367. The largest absolute Gasteiger partial charge is 0.338 e. The van der Waals surface area contributed by atoms with Gasteiger partial charge in [-0.25, -0.2) is 9.97 Å². The molecule has 0 aliphatic heterocycles. The van der Waals surface area contributed by atoms with Crippen molar-refractivity contribution in [3.8, 4) is 0 Å². The molecule has 0 amide bonds. The molecule has 114 valence electrons. The second kappa shape index (κ2) is 7.61. The standard InChI is InChI=1S/C17H31N3/c1-7-14-10-12-18-16(19-14)20(15(8-2)9-3)13-11-17(4,5)6/h10,12,15H,7-9,11,13H2,1-6H3. The number of anilines is 1. The topological polar surface area (TPSA) is 29.0 Å². The van der Waals surface area contributed by atoms with Crippen LogP contribution >= 0.6 is 0 Å². The molecule has 0 unspecified atom stereocenters. The van der Waals surface area contributed by atoms with Gasteiger partial charge in [-0.15, -0.1) is 0 Å².